The van der Waals surface area contributed by atoms with Crippen LogP contribution in [-0.4, -0.2) is 45.4 Å². The molecule has 168 valence electrons. The van der Waals surface area contributed by atoms with Gasteiger partial charge in [-0.15, -0.1) is 10.2 Å². The van der Waals surface area contributed by atoms with Gasteiger partial charge in [-0.05, 0) is 18.2 Å². The third-order valence-corrected chi connectivity index (χ3v) is 3.95. The number of nitrogens with one attached hydrogen (secondary N) is 2. The van der Waals surface area contributed by atoms with E-state index in [2.05, 4.69) is 20.6 Å². The number of carbonyl (C=O) groups is 2. The van der Waals surface area contributed by atoms with Crippen molar-refractivity contribution >= 4 is 17.5 Å². The summed E-state index contributed by atoms with van der Waals surface area (Å²) in [5.41, 5.74) is -2.41. The molecule has 0 saturated heterocycles. The number of carbonyl (C=O) groups excluding carboxylic acids is 2. The van der Waals surface area contributed by atoms with Gasteiger partial charge >= 0.3 is 6.18 Å². The number of hydrogen-bond acceptors (Lipinski definition) is 6. The average Bonchev–Trinajstić information content (AvgIpc) is 3.21. The lowest BCUT2D eigenvalue weighted by molar-refractivity contribution is -0.143. The molecule has 2 N–H and O–H groups in total. The summed E-state index contributed by atoms with van der Waals surface area (Å²) < 4.78 is 72.2. The topological polar surface area (TPSA) is 111 Å². The van der Waals surface area contributed by atoms with Gasteiger partial charge in [-0.1, -0.05) is 0 Å². The molecule has 0 aliphatic carbocycles. The van der Waals surface area contributed by atoms with E-state index >= 15 is 0 Å². The molecule has 0 aliphatic heterocycles. The van der Waals surface area contributed by atoms with E-state index in [1.165, 1.54) is 13.2 Å². The zero-order valence-electron chi connectivity index (χ0n) is 16.1. The minimum absolute atomic E-state index is 0.0551. The van der Waals surface area contributed by atoms with Gasteiger partial charge in [-0.25, -0.2) is 13.5 Å². The van der Waals surface area contributed by atoms with Gasteiger partial charge in [-0.2, -0.15) is 18.3 Å². The van der Waals surface area contributed by atoms with Gasteiger partial charge in [0.25, 0.3) is 5.91 Å². The fourth-order valence-electron chi connectivity index (χ4n) is 2.53. The predicted molar refractivity (Wildman–Crippen MR) is 98.0 cm³/mol. The van der Waals surface area contributed by atoms with E-state index in [-0.39, 0.29) is 17.4 Å². The van der Waals surface area contributed by atoms with Crippen LogP contribution >= 0.6 is 0 Å². The van der Waals surface area contributed by atoms with Crippen LogP contribution in [0.3, 0.4) is 0 Å². The Hall–Kier alpha value is -4.10. The van der Waals surface area contributed by atoms with E-state index < -0.39 is 47.4 Å². The monoisotopic (exact) mass is 456 g/mol. The number of halogens is 5. The first-order chi connectivity index (χ1) is 15.1. The first-order valence-corrected chi connectivity index (χ1v) is 8.66. The van der Waals surface area contributed by atoms with Crippen LogP contribution in [-0.2, 0) is 11.0 Å². The highest BCUT2D eigenvalue weighted by Crippen LogP contribution is 2.33. The molecule has 2 aromatic heterocycles. The third-order valence-electron chi connectivity index (χ3n) is 3.95. The summed E-state index contributed by atoms with van der Waals surface area (Å²) in [5, 5.41) is 14.9. The lowest BCUT2D eigenvalue weighted by Gasteiger charge is -2.12. The molecule has 2 heterocycles. The summed E-state index contributed by atoms with van der Waals surface area (Å²) in [5.74, 6) is -4.74. The smallest absolute Gasteiger partial charge is 0.434 e. The number of methoxy groups -OCH3 is 1. The Bertz CT molecular complexity index is 1150. The number of rotatable bonds is 6. The van der Waals surface area contributed by atoms with Crippen LogP contribution in [0.5, 0.6) is 5.88 Å². The highest BCUT2D eigenvalue weighted by atomic mass is 19.4. The quantitative estimate of drug-likeness (QED) is 0.551. The lowest BCUT2D eigenvalue weighted by atomic mass is 10.2. The van der Waals surface area contributed by atoms with Gasteiger partial charge in [0, 0.05) is 17.8 Å². The number of benzene rings is 1. The molecule has 9 nitrogen and oxygen atoms in total. The molecule has 2 amide bonds. The second-order valence-corrected chi connectivity index (χ2v) is 6.11. The molecule has 3 aromatic rings. The predicted octanol–water partition coefficient (Wildman–Crippen LogP) is 2.34. The third kappa shape index (κ3) is 4.96. The second kappa shape index (κ2) is 8.95. The summed E-state index contributed by atoms with van der Waals surface area (Å²) in [6, 6.07) is 4.96. The van der Waals surface area contributed by atoms with Gasteiger partial charge in [0.1, 0.15) is 0 Å². The molecular weight excluding hydrogens is 443 g/mol. The Morgan fingerprint density at radius 1 is 1.09 bits per heavy atom. The van der Waals surface area contributed by atoms with Crippen LogP contribution in [0.1, 0.15) is 16.1 Å². The Kier molecular flexibility index (Phi) is 6.32. The zero-order valence-corrected chi connectivity index (χ0v) is 16.1. The number of amides is 2. The van der Waals surface area contributed by atoms with Crippen molar-refractivity contribution in [1.29, 1.82) is 0 Å². The molecule has 1 aromatic carbocycles. The summed E-state index contributed by atoms with van der Waals surface area (Å²) in [4.78, 5) is 24.2. The molecule has 0 saturated carbocycles. The standard InChI is InChI=1S/C18H13F5N6O3/c1-32-15-5-4-13(27-28-15)29-16(18(21,22)23)10(7-25-29)17(31)24-8-14(30)26-9-2-3-11(19)12(20)6-9/h2-7H,8H2,1H3,(H,24,31)(H,26,30). The largest absolute Gasteiger partial charge is 0.480 e. The molecule has 0 bridgehead atoms. The normalized spacial score (nSPS) is 11.2. The fourth-order valence-corrected chi connectivity index (χ4v) is 2.53. The van der Waals surface area contributed by atoms with Crippen LogP contribution in [0.15, 0.2) is 36.5 Å². The van der Waals surface area contributed by atoms with E-state index in [9.17, 15) is 31.5 Å². The Balaban J connectivity index is 1.76. The van der Waals surface area contributed by atoms with Crippen molar-refractivity contribution in [3.63, 3.8) is 0 Å². The highest BCUT2D eigenvalue weighted by molar-refractivity contribution is 6.00. The van der Waals surface area contributed by atoms with E-state index in [0.29, 0.717) is 16.9 Å². The Morgan fingerprint density at radius 3 is 2.44 bits per heavy atom. The van der Waals surface area contributed by atoms with E-state index in [0.717, 1.165) is 18.2 Å². The van der Waals surface area contributed by atoms with Crippen molar-refractivity contribution in [3.05, 3.63) is 59.4 Å². The van der Waals surface area contributed by atoms with E-state index in [1.807, 2.05) is 5.32 Å². The van der Waals surface area contributed by atoms with Crippen LogP contribution in [0.2, 0.25) is 0 Å². The van der Waals surface area contributed by atoms with Gasteiger partial charge in [-0.3, -0.25) is 9.59 Å². The van der Waals surface area contributed by atoms with Crippen molar-refractivity contribution in [2.24, 2.45) is 0 Å². The molecule has 0 radical (unpaired) electrons. The molecule has 0 spiro atoms. The summed E-state index contributed by atoms with van der Waals surface area (Å²) in [6.07, 6.45) is -4.34. The minimum Gasteiger partial charge on any atom is -0.480 e. The molecule has 14 heteroatoms. The molecule has 0 atom stereocenters. The fraction of sp³-hybridized carbons (Fsp3) is 0.167. The Labute approximate surface area is 176 Å². The first kappa shape index (κ1) is 22.6. The maximum atomic E-state index is 13.6. The van der Waals surface area contributed by atoms with E-state index in [1.54, 1.807) is 0 Å². The number of anilines is 1. The zero-order chi connectivity index (χ0) is 23.5. The van der Waals surface area contributed by atoms with Gasteiger partial charge < -0.3 is 15.4 Å². The van der Waals surface area contributed by atoms with Gasteiger partial charge in [0.15, 0.2) is 23.1 Å². The number of hydrogen-bond donors (Lipinski definition) is 2. The van der Waals surface area contributed by atoms with Crippen molar-refractivity contribution in [3.8, 4) is 11.7 Å². The van der Waals surface area contributed by atoms with Crippen molar-refractivity contribution < 1.29 is 36.3 Å². The molecule has 32 heavy (non-hydrogen) atoms. The average molecular weight is 456 g/mol. The number of nitrogens with zero attached hydrogens (tertiary/aromatic N) is 4. The van der Waals surface area contributed by atoms with Gasteiger partial charge in [0.05, 0.1) is 25.4 Å². The maximum absolute atomic E-state index is 13.6. The lowest BCUT2D eigenvalue weighted by Crippen LogP contribution is -2.34. The molecule has 0 aliphatic rings. The SMILES string of the molecule is COc1ccc(-n2ncc(C(=O)NCC(=O)Nc3ccc(F)c(F)c3)c2C(F)(F)F)nn1. The van der Waals surface area contributed by atoms with Crippen LogP contribution in [0.25, 0.3) is 5.82 Å². The number of aromatic nitrogens is 4. The summed E-state index contributed by atoms with van der Waals surface area (Å²) >= 11 is 0. The molecular formula is C18H13F5N6O3. The highest BCUT2D eigenvalue weighted by Gasteiger charge is 2.41. The van der Waals surface area contributed by atoms with E-state index in [4.69, 9.17) is 4.74 Å². The van der Waals surface area contributed by atoms with Crippen LogP contribution in [0, 0.1) is 11.6 Å². The number of alkyl halides is 3. The van der Waals surface area contributed by atoms with Crippen molar-refractivity contribution in [2.75, 3.05) is 19.0 Å². The summed E-state index contributed by atoms with van der Waals surface area (Å²) in [7, 11) is 1.30. The van der Waals surface area contributed by atoms with Gasteiger partial charge in [0.2, 0.25) is 11.8 Å². The Morgan fingerprint density at radius 2 is 1.84 bits per heavy atom. The molecule has 0 unspecified atom stereocenters. The first-order valence-electron chi connectivity index (χ1n) is 8.66. The van der Waals surface area contributed by atoms with Crippen molar-refractivity contribution in [1.82, 2.24) is 25.3 Å². The summed E-state index contributed by atoms with van der Waals surface area (Å²) in [6.45, 7) is -0.747. The second-order valence-electron chi connectivity index (χ2n) is 6.11. The van der Waals surface area contributed by atoms with Crippen LogP contribution < -0.4 is 15.4 Å². The molecule has 3 rings (SSSR count). The van der Waals surface area contributed by atoms with Crippen LogP contribution in [0.4, 0.5) is 27.6 Å². The van der Waals surface area contributed by atoms with Crippen molar-refractivity contribution in [2.45, 2.75) is 6.18 Å². The number of ether oxygens (including phenoxy) is 1. The molecule has 0 fully saturated rings. The maximum Gasteiger partial charge on any atom is 0.434 e. The minimum atomic E-state index is -5.00.